The molecular formula is C24H32N8O7S2. The van der Waals surface area contributed by atoms with Crippen molar-refractivity contribution < 1.29 is 32.2 Å². The molecule has 15 nitrogen and oxygen atoms in total. The highest BCUT2D eigenvalue weighted by Crippen LogP contribution is 2.32. The first kappa shape index (κ1) is 30.3. The summed E-state index contributed by atoms with van der Waals surface area (Å²) in [6.07, 6.45) is 1.92. The maximum absolute atomic E-state index is 13.0. The fourth-order valence-electron chi connectivity index (χ4n) is 4.23. The highest BCUT2D eigenvalue weighted by Gasteiger charge is 2.57. The second-order valence-electron chi connectivity index (χ2n) is 9.70. The Kier molecular flexibility index (Phi) is 9.87. The van der Waals surface area contributed by atoms with Gasteiger partial charge in [-0.3, -0.25) is 19.1 Å². The molecule has 0 radical (unpaired) electrons. The van der Waals surface area contributed by atoms with Crippen molar-refractivity contribution >= 4 is 51.2 Å². The zero-order valence-electron chi connectivity index (χ0n) is 22.4. The lowest BCUT2D eigenvalue weighted by Crippen LogP contribution is -2.76. The minimum atomic E-state index is -2.70. The Bertz CT molecular complexity index is 1330. The molecule has 2 saturated heterocycles. The van der Waals surface area contributed by atoms with Gasteiger partial charge in [0.15, 0.2) is 17.5 Å². The monoisotopic (exact) mass is 608 g/mol. The molecule has 2 fully saturated rings. The average molecular weight is 609 g/mol. The number of aliphatic imine (C=N–C) groups is 1. The summed E-state index contributed by atoms with van der Waals surface area (Å²) in [6, 6.07) is 6.38. The third-order valence-corrected chi connectivity index (χ3v) is 7.40. The van der Waals surface area contributed by atoms with Gasteiger partial charge >= 0.3 is 11.4 Å². The van der Waals surface area contributed by atoms with Crippen molar-refractivity contribution in [1.29, 1.82) is 0 Å². The molecule has 2 aliphatic heterocycles. The number of thiazole rings is 1. The lowest BCUT2D eigenvalue weighted by atomic mass is 9.84. The van der Waals surface area contributed by atoms with E-state index in [-0.39, 0.29) is 35.8 Å². The summed E-state index contributed by atoms with van der Waals surface area (Å²) in [4.78, 5) is 39.5. The molecule has 3 heterocycles. The Morgan fingerprint density at radius 1 is 1.29 bits per heavy atom. The molecule has 0 bridgehead atoms. The maximum Gasteiger partial charge on any atom is 0.325 e. The number of nitrogens with zero attached hydrogens (tertiary/aromatic N) is 4. The molecule has 2 amide bonds. The third-order valence-electron chi connectivity index (χ3n) is 6.45. The van der Waals surface area contributed by atoms with Crippen LogP contribution in [-0.2, 0) is 30.1 Å². The third kappa shape index (κ3) is 7.56. The van der Waals surface area contributed by atoms with Gasteiger partial charge in [0, 0.05) is 10.9 Å². The molecule has 41 heavy (non-hydrogen) atoms. The van der Waals surface area contributed by atoms with E-state index in [1.807, 2.05) is 12.1 Å². The molecule has 4 rings (SSSR count). The van der Waals surface area contributed by atoms with Crippen LogP contribution in [0.2, 0.25) is 0 Å². The van der Waals surface area contributed by atoms with E-state index in [1.165, 1.54) is 5.38 Å². The Morgan fingerprint density at radius 3 is 2.61 bits per heavy atom. The number of piperidine rings is 1. The van der Waals surface area contributed by atoms with E-state index in [0.29, 0.717) is 11.6 Å². The number of hydroxylamine groups is 2. The van der Waals surface area contributed by atoms with E-state index in [1.54, 1.807) is 26.0 Å². The smallest absolute Gasteiger partial charge is 0.325 e. The van der Waals surface area contributed by atoms with Crippen LogP contribution in [0.1, 0.15) is 37.9 Å². The highest BCUT2D eigenvalue weighted by atomic mass is 32.2. The lowest BCUT2D eigenvalue weighted by Gasteiger charge is -2.50. The molecule has 2 aromatic rings. The molecule has 0 aliphatic carbocycles. The van der Waals surface area contributed by atoms with Crippen LogP contribution in [0.4, 0.5) is 5.13 Å². The minimum absolute atomic E-state index is 0.00471. The van der Waals surface area contributed by atoms with E-state index in [9.17, 15) is 13.8 Å². The van der Waals surface area contributed by atoms with Gasteiger partial charge in [0.1, 0.15) is 29.9 Å². The SMILES string of the molecule is CC1(C)[C@H](NC(=O)/C(=N\OCCOc2ccc(C(N)=NC3CCNCC3)cc2)c2csc(N)n2)C(=O)N1OS(=O)O. The largest absolute Gasteiger partial charge is 0.490 e. The van der Waals surface area contributed by atoms with Crippen molar-refractivity contribution in [3.05, 3.63) is 40.9 Å². The molecule has 0 spiro atoms. The van der Waals surface area contributed by atoms with E-state index >= 15 is 0 Å². The number of amides is 2. The maximum atomic E-state index is 13.0. The van der Waals surface area contributed by atoms with Gasteiger partial charge in [-0.1, -0.05) is 5.16 Å². The number of amidine groups is 1. The Balaban J connectivity index is 1.32. The van der Waals surface area contributed by atoms with Crippen molar-refractivity contribution in [2.45, 2.75) is 44.3 Å². The first-order valence-electron chi connectivity index (χ1n) is 12.7. The summed E-state index contributed by atoms with van der Waals surface area (Å²) >= 11 is -1.60. The van der Waals surface area contributed by atoms with Crippen LogP contribution < -0.4 is 26.8 Å². The number of anilines is 1. The number of nitrogen functional groups attached to an aromatic ring is 1. The minimum Gasteiger partial charge on any atom is -0.490 e. The van der Waals surface area contributed by atoms with Crippen LogP contribution in [0, 0.1) is 0 Å². The summed E-state index contributed by atoms with van der Waals surface area (Å²) in [6.45, 7) is 5.10. The van der Waals surface area contributed by atoms with E-state index in [4.69, 9.17) is 25.6 Å². The van der Waals surface area contributed by atoms with E-state index in [2.05, 4.69) is 30.0 Å². The average Bonchev–Trinajstić information content (AvgIpc) is 3.38. The van der Waals surface area contributed by atoms with Crippen LogP contribution >= 0.6 is 11.3 Å². The summed E-state index contributed by atoms with van der Waals surface area (Å²) in [5.41, 5.74) is 11.5. The molecule has 0 saturated carbocycles. The van der Waals surface area contributed by atoms with Crippen LogP contribution in [0.3, 0.4) is 0 Å². The number of hydrogen-bond acceptors (Lipinski definition) is 12. The van der Waals surface area contributed by atoms with Crippen molar-refractivity contribution in [1.82, 2.24) is 20.7 Å². The number of hydrogen-bond donors (Lipinski definition) is 5. The lowest BCUT2D eigenvalue weighted by molar-refractivity contribution is -0.216. The number of nitrogens with one attached hydrogen (secondary N) is 2. The van der Waals surface area contributed by atoms with Gasteiger partial charge in [-0.05, 0) is 64.0 Å². The molecule has 1 unspecified atom stereocenters. The van der Waals surface area contributed by atoms with Crippen molar-refractivity contribution in [3.63, 3.8) is 0 Å². The molecule has 222 valence electrons. The zero-order chi connectivity index (χ0) is 29.6. The highest BCUT2D eigenvalue weighted by molar-refractivity contribution is 7.74. The van der Waals surface area contributed by atoms with Crippen LogP contribution in [0.5, 0.6) is 5.75 Å². The van der Waals surface area contributed by atoms with Gasteiger partial charge in [0.2, 0.25) is 0 Å². The number of aromatic nitrogens is 1. The molecular weight excluding hydrogens is 576 g/mol. The molecule has 2 atom stereocenters. The number of nitrogens with two attached hydrogens (primary N) is 2. The first-order valence-corrected chi connectivity index (χ1v) is 14.6. The number of rotatable bonds is 12. The Hall–Kier alpha value is -3.64. The second-order valence-corrected chi connectivity index (χ2v) is 11.2. The topological polar surface area (TPSA) is 216 Å². The van der Waals surface area contributed by atoms with E-state index < -0.39 is 34.8 Å². The van der Waals surface area contributed by atoms with Crippen molar-refractivity contribution in [2.24, 2.45) is 15.9 Å². The molecule has 17 heteroatoms. The molecule has 1 aromatic carbocycles. The second kappa shape index (κ2) is 13.3. The number of carbonyl (C=O) groups is 2. The van der Waals surface area contributed by atoms with Gasteiger partial charge < -0.3 is 31.7 Å². The van der Waals surface area contributed by atoms with Crippen LogP contribution in [0.25, 0.3) is 0 Å². The fourth-order valence-corrected chi connectivity index (χ4v) is 5.17. The van der Waals surface area contributed by atoms with Crippen LogP contribution in [-0.4, -0.2) is 86.1 Å². The number of oxime groups is 1. The van der Waals surface area contributed by atoms with Crippen LogP contribution in [0.15, 0.2) is 39.8 Å². The molecule has 2 aliphatic rings. The van der Waals surface area contributed by atoms with Gasteiger partial charge in [-0.15, -0.1) is 15.6 Å². The first-order chi connectivity index (χ1) is 19.6. The predicted octanol–water partition coefficient (Wildman–Crippen LogP) is 0.156. The standard InChI is InChI=1S/C24H32N8O7S2/c1-24(2)19(22(34)32(24)39-41(35)36)30-21(33)18(17-13-40-23(26)29-17)31-38-12-11-37-16-5-3-14(4-6-16)20(25)28-15-7-9-27-10-8-15/h3-6,13,15,19,27H,7-12H2,1-2H3,(H2,25,28)(H2,26,29)(H,30,33)(H,35,36)/b31-18-/t19-/m1/s1. The number of benzene rings is 1. The van der Waals surface area contributed by atoms with E-state index in [0.717, 1.165) is 47.9 Å². The van der Waals surface area contributed by atoms with Gasteiger partial charge in [-0.2, -0.15) is 9.27 Å². The number of carbonyl (C=O) groups excluding carboxylic acids is 2. The van der Waals surface area contributed by atoms with Gasteiger partial charge in [0.05, 0.1) is 11.6 Å². The fraction of sp³-hybridized carbons (Fsp3) is 0.458. The predicted molar refractivity (Wildman–Crippen MR) is 152 cm³/mol. The van der Waals surface area contributed by atoms with Gasteiger partial charge in [0.25, 0.3) is 11.8 Å². The summed E-state index contributed by atoms with van der Waals surface area (Å²) in [5.74, 6) is -0.387. The Morgan fingerprint density at radius 2 is 2.00 bits per heavy atom. The van der Waals surface area contributed by atoms with Gasteiger partial charge in [-0.25, -0.2) is 4.98 Å². The summed E-state index contributed by atoms with van der Waals surface area (Å²) in [7, 11) is 0. The molecule has 7 N–H and O–H groups in total. The molecule has 1 aromatic heterocycles. The normalized spacial score (nSPS) is 20.3. The Labute approximate surface area is 242 Å². The quantitative estimate of drug-likeness (QED) is 0.0546. The zero-order valence-corrected chi connectivity index (χ0v) is 24.1. The van der Waals surface area contributed by atoms with Crippen molar-refractivity contribution in [2.75, 3.05) is 32.0 Å². The summed E-state index contributed by atoms with van der Waals surface area (Å²) in [5, 5.41) is 12.2. The number of β-lactam (4-membered cyclic amide) rings is 1. The number of ether oxygens (including phenoxy) is 1. The summed E-state index contributed by atoms with van der Waals surface area (Å²) < 4.78 is 30.2. The van der Waals surface area contributed by atoms with Crippen molar-refractivity contribution in [3.8, 4) is 5.75 Å².